The van der Waals surface area contributed by atoms with E-state index in [0.29, 0.717) is 17.7 Å². The zero-order valence-electron chi connectivity index (χ0n) is 11.7. The predicted molar refractivity (Wildman–Crippen MR) is 83.6 cm³/mol. The Hall–Kier alpha value is -2.25. The molecule has 21 heavy (non-hydrogen) atoms. The zero-order chi connectivity index (χ0) is 15.1. The van der Waals surface area contributed by atoms with Gasteiger partial charge >= 0.3 is 0 Å². The number of hydrogen-bond donors (Lipinski definition) is 0. The molecule has 106 valence electrons. The highest BCUT2D eigenvalue weighted by Crippen LogP contribution is 2.24. The van der Waals surface area contributed by atoms with Crippen LogP contribution in [0, 0.1) is 11.3 Å². The highest BCUT2D eigenvalue weighted by atomic mass is 32.2. The average molecular weight is 297 g/mol. The summed E-state index contributed by atoms with van der Waals surface area (Å²) in [6.07, 6.45) is 0.954. The maximum Gasteiger partial charge on any atom is 0.224 e. The molecule has 0 bridgehead atoms. The van der Waals surface area contributed by atoms with Gasteiger partial charge in [0.05, 0.1) is 18.2 Å². The van der Waals surface area contributed by atoms with Gasteiger partial charge in [0.1, 0.15) is 5.75 Å². The van der Waals surface area contributed by atoms with E-state index >= 15 is 0 Å². The van der Waals surface area contributed by atoms with Gasteiger partial charge in [0.15, 0.2) is 0 Å². The van der Waals surface area contributed by atoms with E-state index in [0.717, 1.165) is 28.8 Å². The zero-order valence-corrected chi connectivity index (χ0v) is 12.5. The summed E-state index contributed by atoms with van der Waals surface area (Å²) < 4.78 is 5.48. The summed E-state index contributed by atoms with van der Waals surface area (Å²) in [7, 11) is 0. The van der Waals surface area contributed by atoms with Crippen LogP contribution >= 0.6 is 11.8 Å². The molecular formula is C17H15NO2S. The quantitative estimate of drug-likeness (QED) is 0.773. The lowest BCUT2D eigenvalue weighted by Crippen LogP contribution is -1.97. The number of carbonyl (C=O) groups excluding carboxylic acids is 1. The van der Waals surface area contributed by atoms with Crippen LogP contribution in [0.1, 0.15) is 29.3 Å². The highest BCUT2D eigenvalue weighted by Gasteiger charge is 2.08. The molecule has 0 saturated heterocycles. The molecule has 3 nitrogen and oxygen atoms in total. The number of carbonyl (C=O) groups is 1. The fourth-order valence-corrected chi connectivity index (χ4v) is 2.41. The van der Waals surface area contributed by atoms with Gasteiger partial charge < -0.3 is 4.74 Å². The minimum Gasteiger partial charge on any atom is -0.494 e. The van der Waals surface area contributed by atoms with Crippen molar-refractivity contribution < 1.29 is 9.53 Å². The molecule has 0 N–H and O–H groups in total. The van der Waals surface area contributed by atoms with Crippen molar-refractivity contribution in [2.75, 3.05) is 6.61 Å². The molecule has 0 heterocycles. The van der Waals surface area contributed by atoms with Gasteiger partial charge in [-0.2, -0.15) is 5.26 Å². The lowest BCUT2D eigenvalue weighted by molar-refractivity contribution is 0.108. The average Bonchev–Trinajstić information content (AvgIpc) is 2.54. The molecule has 0 radical (unpaired) electrons. The van der Waals surface area contributed by atoms with Gasteiger partial charge in [0, 0.05) is 10.5 Å². The molecule has 4 heteroatoms. The molecule has 0 aliphatic heterocycles. The summed E-state index contributed by atoms with van der Waals surface area (Å²) in [5.41, 5.74) is 1.22. The summed E-state index contributed by atoms with van der Waals surface area (Å²) in [6, 6.07) is 16.2. The number of hydrogen-bond acceptors (Lipinski definition) is 4. The molecule has 0 aromatic heterocycles. The molecule has 0 amide bonds. The van der Waals surface area contributed by atoms with Crippen molar-refractivity contribution in [2.24, 2.45) is 0 Å². The standard InChI is InChI=1S/C17H15NO2S/c1-2-11-20-15-7-5-14(6-8-15)17(19)21-16-9-3-13(12-18)4-10-16/h3-10H,2,11H2,1H3. The number of nitriles is 1. The molecular weight excluding hydrogens is 282 g/mol. The molecule has 0 aliphatic rings. The SMILES string of the molecule is CCCOc1ccc(C(=O)Sc2ccc(C#N)cc2)cc1. The molecule has 2 aromatic carbocycles. The summed E-state index contributed by atoms with van der Waals surface area (Å²) in [5.74, 6) is 0.775. The van der Waals surface area contributed by atoms with E-state index in [9.17, 15) is 4.79 Å². The van der Waals surface area contributed by atoms with Gasteiger partial charge in [0.25, 0.3) is 0 Å². The predicted octanol–water partition coefficient (Wildman–Crippen LogP) is 4.28. The largest absolute Gasteiger partial charge is 0.494 e. The third-order valence-electron chi connectivity index (χ3n) is 2.76. The number of ether oxygens (including phenoxy) is 1. The van der Waals surface area contributed by atoms with Crippen LogP contribution in [-0.2, 0) is 0 Å². The summed E-state index contributed by atoms with van der Waals surface area (Å²) in [5, 5.41) is 8.71. The van der Waals surface area contributed by atoms with Gasteiger partial charge in [-0.15, -0.1) is 0 Å². The van der Waals surface area contributed by atoms with E-state index in [2.05, 4.69) is 6.07 Å². The van der Waals surface area contributed by atoms with Gasteiger partial charge in [-0.25, -0.2) is 0 Å². The van der Waals surface area contributed by atoms with Gasteiger partial charge in [-0.1, -0.05) is 6.92 Å². The summed E-state index contributed by atoms with van der Waals surface area (Å²) in [6.45, 7) is 2.72. The number of thioether (sulfide) groups is 1. The van der Waals surface area contributed by atoms with E-state index in [1.165, 1.54) is 0 Å². The van der Waals surface area contributed by atoms with Gasteiger partial charge in [-0.05, 0) is 66.7 Å². The van der Waals surface area contributed by atoms with Gasteiger partial charge in [0.2, 0.25) is 5.12 Å². The smallest absolute Gasteiger partial charge is 0.224 e. The maximum atomic E-state index is 12.2. The summed E-state index contributed by atoms with van der Waals surface area (Å²) >= 11 is 1.15. The van der Waals surface area contributed by atoms with Crippen LogP contribution in [0.15, 0.2) is 53.4 Å². The third kappa shape index (κ3) is 4.37. The fraction of sp³-hybridized carbons (Fsp3) is 0.176. The van der Waals surface area contributed by atoms with Crippen molar-refractivity contribution in [3.05, 3.63) is 59.7 Å². The van der Waals surface area contributed by atoms with Crippen LogP contribution < -0.4 is 4.74 Å². The molecule has 0 unspecified atom stereocenters. The van der Waals surface area contributed by atoms with Crippen molar-refractivity contribution in [1.82, 2.24) is 0 Å². The molecule has 0 spiro atoms. The van der Waals surface area contributed by atoms with Crippen LogP contribution in [0.25, 0.3) is 0 Å². The van der Waals surface area contributed by atoms with E-state index < -0.39 is 0 Å². The minimum absolute atomic E-state index is 0.0262. The first-order valence-electron chi connectivity index (χ1n) is 6.68. The van der Waals surface area contributed by atoms with Crippen molar-refractivity contribution in [2.45, 2.75) is 18.2 Å². The van der Waals surface area contributed by atoms with E-state index in [4.69, 9.17) is 10.00 Å². The van der Waals surface area contributed by atoms with E-state index in [-0.39, 0.29) is 5.12 Å². The second-order valence-electron chi connectivity index (χ2n) is 4.40. The Morgan fingerprint density at radius 2 is 1.81 bits per heavy atom. The van der Waals surface area contributed by atoms with Crippen LogP contribution in [0.5, 0.6) is 5.75 Å². The van der Waals surface area contributed by atoms with Crippen LogP contribution in [0.2, 0.25) is 0 Å². The first-order chi connectivity index (χ1) is 10.2. The Morgan fingerprint density at radius 3 is 2.38 bits per heavy atom. The van der Waals surface area contributed by atoms with Crippen molar-refractivity contribution >= 4 is 16.9 Å². The Bertz CT molecular complexity index is 642. The van der Waals surface area contributed by atoms with Crippen molar-refractivity contribution in [1.29, 1.82) is 5.26 Å². The van der Waals surface area contributed by atoms with Crippen LogP contribution in [0.4, 0.5) is 0 Å². The van der Waals surface area contributed by atoms with Gasteiger partial charge in [-0.3, -0.25) is 4.79 Å². The topological polar surface area (TPSA) is 50.1 Å². The summed E-state index contributed by atoms with van der Waals surface area (Å²) in [4.78, 5) is 13.0. The van der Waals surface area contributed by atoms with Crippen molar-refractivity contribution in [3.63, 3.8) is 0 Å². The molecule has 0 saturated carbocycles. The first kappa shape index (κ1) is 15.1. The van der Waals surface area contributed by atoms with Crippen molar-refractivity contribution in [3.8, 4) is 11.8 Å². The molecule has 0 aliphatic carbocycles. The monoisotopic (exact) mass is 297 g/mol. The third-order valence-corrected chi connectivity index (χ3v) is 3.69. The van der Waals surface area contributed by atoms with E-state index in [1.54, 1.807) is 36.4 Å². The number of nitrogens with zero attached hydrogens (tertiary/aromatic N) is 1. The Morgan fingerprint density at radius 1 is 1.14 bits per heavy atom. The minimum atomic E-state index is -0.0262. The first-order valence-corrected chi connectivity index (χ1v) is 7.50. The van der Waals surface area contributed by atoms with Crippen LogP contribution in [0.3, 0.4) is 0 Å². The van der Waals surface area contributed by atoms with E-state index in [1.807, 2.05) is 19.1 Å². The maximum absolute atomic E-state index is 12.2. The second-order valence-corrected chi connectivity index (χ2v) is 5.44. The molecule has 2 aromatic rings. The number of benzene rings is 2. The molecule has 2 rings (SSSR count). The second kappa shape index (κ2) is 7.51. The molecule has 0 fully saturated rings. The Labute approximate surface area is 128 Å². The lowest BCUT2D eigenvalue weighted by atomic mass is 10.2. The lowest BCUT2D eigenvalue weighted by Gasteiger charge is -2.05. The molecule has 0 atom stereocenters. The fourth-order valence-electron chi connectivity index (χ4n) is 1.67. The van der Waals surface area contributed by atoms with Crippen LogP contribution in [-0.4, -0.2) is 11.7 Å². The Balaban J connectivity index is 2.00. The normalized spacial score (nSPS) is 9.90. The Kier molecular flexibility index (Phi) is 5.42. The number of rotatable bonds is 5. The highest BCUT2D eigenvalue weighted by molar-refractivity contribution is 8.14.